The Labute approximate surface area is 129 Å². The van der Waals surface area contributed by atoms with Crippen molar-refractivity contribution in [3.63, 3.8) is 0 Å². The molecule has 0 amide bonds. The first kappa shape index (κ1) is 20.0. The second-order valence-electron chi connectivity index (χ2n) is 3.41. The number of carbonyl (C=O) groups is 2. The van der Waals surface area contributed by atoms with Gasteiger partial charge in [-0.3, -0.25) is 0 Å². The van der Waals surface area contributed by atoms with Crippen LogP contribution in [-0.2, 0) is 61.1 Å². The van der Waals surface area contributed by atoms with Crippen molar-refractivity contribution < 1.29 is 35.8 Å². The van der Waals surface area contributed by atoms with Crippen LogP contribution in [0.15, 0.2) is 9.81 Å². The summed E-state index contributed by atoms with van der Waals surface area (Å²) < 4.78 is 8.50. The van der Waals surface area contributed by atoms with Crippen LogP contribution in [0, 0.1) is 0 Å². The quantitative estimate of drug-likeness (QED) is 0.434. The van der Waals surface area contributed by atoms with Gasteiger partial charge in [0.15, 0.2) is 0 Å². The Kier molecular flexibility index (Phi) is 13.0. The monoisotopic (exact) mass is 335 g/mol. The van der Waals surface area contributed by atoms with E-state index >= 15 is 0 Å². The molecule has 0 heterocycles. The van der Waals surface area contributed by atoms with Gasteiger partial charge >= 0.3 is 28.7 Å². The first-order valence-electron chi connectivity index (χ1n) is 5.29. The maximum Gasteiger partial charge on any atom is 3.00 e. The van der Waals surface area contributed by atoms with Gasteiger partial charge in [-0.2, -0.15) is 0 Å². The van der Waals surface area contributed by atoms with Crippen molar-refractivity contribution in [2.45, 2.75) is 32.1 Å². The second kappa shape index (κ2) is 11.7. The van der Waals surface area contributed by atoms with Gasteiger partial charge in [-0.05, 0) is 0 Å². The van der Waals surface area contributed by atoms with Gasteiger partial charge < -0.3 is 34.7 Å². The molecular weight excluding hydrogens is 319 g/mol. The second-order valence-corrected chi connectivity index (χ2v) is 4.23. The van der Waals surface area contributed by atoms with Crippen LogP contribution in [0.2, 0.25) is 0 Å². The molecule has 1 aliphatic rings. The molecular formula is C11H16CoO4S2+. The number of hydrogen-bond acceptors (Lipinski definition) is 6. The molecule has 0 aromatic rings. The zero-order chi connectivity index (χ0) is 13.3. The molecule has 1 aliphatic carbocycles. The van der Waals surface area contributed by atoms with E-state index in [0.717, 1.165) is 14.2 Å². The van der Waals surface area contributed by atoms with Crippen molar-refractivity contribution in [3.8, 4) is 0 Å². The van der Waals surface area contributed by atoms with E-state index in [9.17, 15) is 9.59 Å². The molecule has 0 radical (unpaired) electrons. The Balaban J connectivity index is 0. The van der Waals surface area contributed by atoms with Gasteiger partial charge in [0, 0.05) is 0 Å². The van der Waals surface area contributed by atoms with Gasteiger partial charge in [0.05, 0.1) is 14.2 Å². The maximum absolute atomic E-state index is 10.7. The molecule has 0 spiro atoms. The van der Waals surface area contributed by atoms with Crippen LogP contribution in [-0.4, -0.2) is 26.2 Å². The molecule has 1 saturated carbocycles. The minimum atomic E-state index is -0.805. The topological polar surface area (TPSA) is 52.6 Å². The number of methoxy groups -OCH3 is 2. The molecule has 0 aromatic heterocycles. The molecule has 4 nitrogen and oxygen atoms in total. The fourth-order valence-corrected chi connectivity index (χ4v) is 1.59. The van der Waals surface area contributed by atoms with E-state index < -0.39 is 11.9 Å². The summed E-state index contributed by atoms with van der Waals surface area (Å²) in [4.78, 5) is 20.8. The molecule has 0 atom stereocenters. The summed E-state index contributed by atoms with van der Waals surface area (Å²) in [6.45, 7) is 0. The van der Waals surface area contributed by atoms with Crippen LogP contribution in [0.1, 0.15) is 32.1 Å². The zero-order valence-corrected chi connectivity index (χ0v) is 13.0. The molecule has 0 aromatic carbocycles. The SMILES string of the molecule is C1CCCC1.COC(=O)/C([S-])=C(/[S-])C(=O)OC.[Co+3]. The number of rotatable bonds is 2. The van der Waals surface area contributed by atoms with E-state index in [1.54, 1.807) is 0 Å². The van der Waals surface area contributed by atoms with Gasteiger partial charge in [0.1, 0.15) is 0 Å². The van der Waals surface area contributed by atoms with Gasteiger partial charge in [-0.15, -0.1) is 9.81 Å². The fourth-order valence-electron chi connectivity index (χ4n) is 1.25. The van der Waals surface area contributed by atoms with E-state index in [4.69, 9.17) is 0 Å². The molecule has 0 saturated heterocycles. The Hall–Kier alpha value is -0.374. The smallest absolute Gasteiger partial charge is 0.774 e. The molecule has 1 rings (SSSR count). The van der Waals surface area contributed by atoms with Crippen LogP contribution in [0.3, 0.4) is 0 Å². The zero-order valence-electron chi connectivity index (χ0n) is 10.3. The molecule has 104 valence electrons. The molecule has 18 heavy (non-hydrogen) atoms. The van der Waals surface area contributed by atoms with Crippen molar-refractivity contribution >= 4 is 37.2 Å². The summed E-state index contributed by atoms with van der Waals surface area (Å²) in [5.74, 6) is -1.61. The van der Waals surface area contributed by atoms with Crippen LogP contribution >= 0.6 is 0 Å². The predicted octanol–water partition coefficient (Wildman–Crippen LogP) is 1.59. The first-order valence-corrected chi connectivity index (χ1v) is 6.11. The van der Waals surface area contributed by atoms with Crippen molar-refractivity contribution in [1.82, 2.24) is 0 Å². The molecule has 0 N–H and O–H groups in total. The largest absolute Gasteiger partial charge is 3.00 e. The fraction of sp³-hybridized carbons (Fsp3) is 0.636. The van der Waals surface area contributed by atoms with E-state index in [-0.39, 0.29) is 26.6 Å². The van der Waals surface area contributed by atoms with E-state index in [2.05, 4.69) is 34.7 Å². The standard InChI is InChI=1S/C6H8O4S2.C5H10.Co/c1-9-5(7)3(11)4(12)6(8)10-2;1-2-4-5-3-1;/h11-12H,1-2H3;1-5H2;/q;;+3/p-2/b4-3-;;. The van der Waals surface area contributed by atoms with Crippen LogP contribution in [0.5, 0.6) is 0 Å². The van der Waals surface area contributed by atoms with Gasteiger partial charge in [-0.25, -0.2) is 9.59 Å². The molecule has 0 aliphatic heterocycles. The van der Waals surface area contributed by atoms with Gasteiger partial charge in [0.25, 0.3) is 0 Å². The third-order valence-electron chi connectivity index (χ3n) is 2.20. The molecule has 0 unspecified atom stereocenters. The number of carbonyl (C=O) groups excluding carboxylic acids is 2. The summed E-state index contributed by atoms with van der Waals surface area (Å²) in [7, 11) is 2.29. The summed E-state index contributed by atoms with van der Waals surface area (Å²) >= 11 is 9.05. The molecule has 0 bridgehead atoms. The average molecular weight is 335 g/mol. The van der Waals surface area contributed by atoms with Crippen molar-refractivity contribution in [2.75, 3.05) is 14.2 Å². The summed E-state index contributed by atoms with van der Waals surface area (Å²) in [5, 5.41) is 0. The summed E-state index contributed by atoms with van der Waals surface area (Å²) in [6, 6.07) is 0. The Bertz CT molecular complexity index is 270. The van der Waals surface area contributed by atoms with Crippen LogP contribution < -0.4 is 0 Å². The third-order valence-corrected chi connectivity index (χ3v) is 3.07. The van der Waals surface area contributed by atoms with Gasteiger partial charge in [0.2, 0.25) is 0 Å². The van der Waals surface area contributed by atoms with Crippen molar-refractivity contribution in [3.05, 3.63) is 9.81 Å². The maximum atomic E-state index is 10.7. The predicted molar refractivity (Wildman–Crippen MR) is 68.9 cm³/mol. The average Bonchev–Trinajstić information content (AvgIpc) is 2.93. The van der Waals surface area contributed by atoms with Crippen molar-refractivity contribution in [1.29, 1.82) is 0 Å². The van der Waals surface area contributed by atoms with E-state index in [1.807, 2.05) is 0 Å². The number of hydrogen-bond donors (Lipinski definition) is 0. The third kappa shape index (κ3) is 7.86. The van der Waals surface area contributed by atoms with E-state index in [0.29, 0.717) is 0 Å². The summed E-state index contributed by atoms with van der Waals surface area (Å²) in [5.41, 5.74) is 0. The number of esters is 2. The van der Waals surface area contributed by atoms with Crippen molar-refractivity contribution in [2.24, 2.45) is 0 Å². The minimum Gasteiger partial charge on any atom is -0.774 e. The van der Waals surface area contributed by atoms with Crippen LogP contribution in [0.25, 0.3) is 0 Å². The summed E-state index contributed by atoms with van der Waals surface area (Å²) in [6.07, 6.45) is 7.50. The van der Waals surface area contributed by atoms with Gasteiger partial charge in [-0.1, -0.05) is 32.1 Å². The molecule has 7 heteroatoms. The van der Waals surface area contributed by atoms with Crippen LogP contribution in [0.4, 0.5) is 0 Å². The Morgan fingerprint density at radius 1 is 0.778 bits per heavy atom. The number of ether oxygens (including phenoxy) is 2. The first-order chi connectivity index (χ1) is 8.04. The Morgan fingerprint density at radius 2 is 1.00 bits per heavy atom. The van der Waals surface area contributed by atoms with E-state index in [1.165, 1.54) is 32.1 Å². The normalized spacial score (nSPS) is 14.3. The molecule has 1 fully saturated rings. The minimum absolute atomic E-state index is 0. The Morgan fingerprint density at radius 3 is 1.17 bits per heavy atom.